The molecule has 8 nitrogen and oxygen atoms in total. The van der Waals surface area contributed by atoms with Gasteiger partial charge in [0.2, 0.25) is 5.75 Å². The Morgan fingerprint density at radius 2 is 1.93 bits per heavy atom. The van der Waals surface area contributed by atoms with Crippen LogP contribution in [-0.2, 0) is 16.3 Å². The lowest BCUT2D eigenvalue weighted by Gasteiger charge is -2.10. The number of nitrogens with zero attached hydrogens (tertiary/aromatic N) is 1. The number of benzene rings is 2. The molecule has 146 valence electrons. The maximum absolute atomic E-state index is 11.9. The van der Waals surface area contributed by atoms with Gasteiger partial charge < -0.3 is 9.15 Å². The van der Waals surface area contributed by atoms with Crippen molar-refractivity contribution in [1.82, 2.24) is 0 Å². The summed E-state index contributed by atoms with van der Waals surface area (Å²) in [5, 5.41) is 12.2. The summed E-state index contributed by atoms with van der Waals surface area (Å²) < 4.78 is 34.5. The third-order valence-electron chi connectivity index (χ3n) is 4.09. The molecule has 0 aliphatic carbocycles. The number of para-hydroxylation sites is 1. The SMILES string of the molecule is CCCc1cc(=O)oc2cc(Oc3cccc(S(C)(=O)=O)c3[N+](=O)[O-])ccc12. The van der Waals surface area contributed by atoms with E-state index in [2.05, 4.69) is 0 Å². The van der Waals surface area contributed by atoms with Gasteiger partial charge in [0, 0.05) is 23.8 Å². The molecule has 1 aromatic heterocycles. The first-order valence-electron chi connectivity index (χ1n) is 8.43. The molecule has 3 aromatic rings. The Kier molecular flexibility index (Phi) is 5.19. The normalized spacial score (nSPS) is 11.5. The van der Waals surface area contributed by atoms with Gasteiger partial charge in [-0.25, -0.2) is 13.2 Å². The maximum atomic E-state index is 11.9. The standard InChI is InChI=1S/C19H17NO7S/c1-3-5-12-10-18(21)27-16-11-13(8-9-14(12)16)26-15-6-4-7-17(28(2,24)25)19(15)20(22)23/h4,6-11H,3,5H2,1-2H3. The maximum Gasteiger partial charge on any atom is 0.336 e. The second-order valence-electron chi connectivity index (χ2n) is 6.23. The number of hydrogen-bond donors (Lipinski definition) is 0. The molecule has 0 saturated carbocycles. The minimum absolute atomic E-state index is 0.179. The van der Waals surface area contributed by atoms with Crippen molar-refractivity contribution in [2.75, 3.05) is 6.26 Å². The van der Waals surface area contributed by atoms with E-state index in [0.29, 0.717) is 6.42 Å². The van der Waals surface area contributed by atoms with Crippen molar-refractivity contribution in [3.8, 4) is 11.5 Å². The van der Waals surface area contributed by atoms with E-state index in [1.54, 1.807) is 12.1 Å². The van der Waals surface area contributed by atoms with E-state index in [0.717, 1.165) is 29.7 Å². The highest BCUT2D eigenvalue weighted by molar-refractivity contribution is 7.90. The zero-order valence-electron chi connectivity index (χ0n) is 15.2. The van der Waals surface area contributed by atoms with Gasteiger partial charge in [-0.3, -0.25) is 10.1 Å². The van der Waals surface area contributed by atoms with Crippen LogP contribution in [-0.4, -0.2) is 19.6 Å². The van der Waals surface area contributed by atoms with E-state index in [1.165, 1.54) is 24.3 Å². The molecule has 0 saturated heterocycles. The Morgan fingerprint density at radius 1 is 1.18 bits per heavy atom. The second-order valence-corrected chi connectivity index (χ2v) is 8.22. The summed E-state index contributed by atoms with van der Waals surface area (Å²) in [6, 6.07) is 9.99. The lowest BCUT2D eigenvalue weighted by molar-refractivity contribution is -0.388. The molecule has 0 unspecified atom stereocenters. The van der Waals surface area contributed by atoms with Gasteiger partial charge in [-0.1, -0.05) is 19.4 Å². The molecule has 0 amide bonds. The molecule has 28 heavy (non-hydrogen) atoms. The lowest BCUT2D eigenvalue weighted by Crippen LogP contribution is -2.04. The van der Waals surface area contributed by atoms with Crippen LogP contribution >= 0.6 is 0 Å². The molecule has 0 N–H and O–H groups in total. The van der Waals surface area contributed by atoms with Crippen molar-refractivity contribution in [2.45, 2.75) is 24.7 Å². The predicted molar refractivity (Wildman–Crippen MR) is 103 cm³/mol. The van der Waals surface area contributed by atoms with Gasteiger partial charge in [0.25, 0.3) is 0 Å². The number of hydrogen-bond acceptors (Lipinski definition) is 7. The monoisotopic (exact) mass is 403 g/mol. The van der Waals surface area contributed by atoms with Crippen LogP contribution in [0.4, 0.5) is 5.69 Å². The van der Waals surface area contributed by atoms with E-state index in [1.807, 2.05) is 6.92 Å². The Morgan fingerprint density at radius 3 is 2.57 bits per heavy atom. The number of rotatable bonds is 6. The summed E-state index contributed by atoms with van der Waals surface area (Å²) in [5.74, 6) is -0.0441. The quantitative estimate of drug-likeness (QED) is 0.348. The molecular formula is C19H17NO7S. The van der Waals surface area contributed by atoms with Crippen molar-refractivity contribution in [2.24, 2.45) is 0 Å². The fourth-order valence-corrected chi connectivity index (χ4v) is 3.79. The molecule has 0 spiro atoms. The van der Waals surface area contributed by atoms with Gasteiger partial charge in [0.15, 0.2) is 9.84 Å². The van der Waals surface area contributed by atoms with Crippen molar-refractivity contribution in [1.29, 1.82) is 0 Å². The summed E-state index contributed by atoms with van der Waals surface area (Å²) in [5.41, 5.74) is -0.0230. The lowest BCUT2D eigenvalue weighted by atomic mass is 10.1. The van der Waals surface area contributed by atoms with Gasteiger partial charge in [-0.15, -0.1) is 0 Å². The fraction of sp³-hybridized carbons (Fsp3) is 0.211. The number of aryl methyl sites for hydroxylation is 1. The summed E-state index contributed by atoms with van der Waals surface area (Å²) in [4.78, 5) is 22.0. The smallest absolute Gasteiger partial charge is 0.336 e. The van der Waals surface area contributed by atoms with Crippen LogP contribution in [0, 0.1) is 10.1 Å². The fourth-order valence-electron chi connectivity index (χ4n) is 2.94. The van der Waals surface area contributed by atoms with Crippen molar-refractivity contribution >= 4 is 26.5 Å². The van der Waals surface area contributed by atoms with Crippen LogP contribution in [0.25, 0.3) is 11.0 Å². The van der Waals surface area contributed by atoms with E-state index in [4.69, 9.17) is 9.15 Å². The third-order valence-corrected chi connectivity index (χ3v) is 5.22. The molecule has 0 radical (unpaired) electrons. The minimum Gasteiger partial charge on any atom is -0.450 e. The van der Waals surface area contributed by atoms with Crippen LogP contribution in [0.3, 0.4) is 0 Å². The topological polar surface area (TPSA) is 117 Å². The molecule has 0 atom stereocenters. The third kappa shape index (κ3) is 3.89. The van der Waals surface area contributed by atoms with Gasteiger partial charge in [0.05, 0.1) is 4.92 Å². The van der Waals surface area contributed by atoms with Crippen molar-refractivity contribution < 1.29 is 22.5 Å². The largest absolute Gasteiger partial charge is 0.450 e. The van der Waals surface area contributed by atoms with Gasteiger partial charge in [-0.2, -0.15) is 0 Å². The van der Waals surface area contributed by atoms with Crippen LogP contribution in [0.5, 0.6) is 11.5 Å². The highest BCUT2D eigenvalue weighted by atomic mass is 32.2. The predicted octanol–water partition coefficient (Wildman–Crippen LogP) is 3.85. The molecule has 3 rings (SSSR count). The number of nitro groups is 1. The highest BCUT2D eigenvalue weighted by Gasteiger charge is 2.27. The number of nitro benzene ring substituents is 1. The molecule has 0 aliphatic heterocycles. The first-order valence-corrected chi connectivity index (χ1v) is 10.3. The van der Waals surface area contributed by atoms with Crippen LogP contribution < -0.4 is 10.4 Å². The van der Waals surface area contributed by atoms with E-state index in [-0.39, 0.29) is 17.1 Å². The molecule has 1 heterocycles. The zero-order chi connectivity index (χ0) is 20.5. The van der Waals surface area contributed by atoms with E-state index >= 15 is 0 Å². The van der Waals surface area contributed by atoms with Crippen LogP contribution in [0.15, 0.2) is 56.6 Å². The highest BCUT2D eigenvalue weighted by Crippen LogP contribution is 2.37. The van der Waals surface area contributed by atoms with Gasteiger partial charge in [-0.05, 0) is 36.2 Å². The first kappa shape index (κ1) is 19.6. The van der Waals surface area contributed by atoms with E-state index in [9.17, 15) is 23.3 Å². The molecule has 0 bridgehead atoms. The Hall–Kier alpha value is -3.20. The first-order chi connectivity index (χ1) is 13.2. The molecular weight excluding hydrogens is 386 g/mol. The average molecular weight is 403 g/mol. The van der Waals surface area contributed by atoms with Gasteiger partial charge in [0.1, 0.15) is 16.2 Å². The Balaban J connectivity index is 2.11. The van der Waals surface area contributed by atoms with Crippen molar-refractivity contribution in [3.63, 3.8) is 0 Å². The summed E-state index contributed by atoms with van der Waals surface area (Å²) in [7, 11) is -3.83. The summed E-state index contributed by atoms with van der Waals surface area (Å²) in [6.45, 7) is 1.99. The molecule has 9 heteroatoms. The summed E-state index contributed by atoms with van der Waals surface area (Å²) in [6.07, 6.45) is 2.44. The summed E-state index contributed by atoms with van der Waals surface area (Å²) >= 11 is 0. The van der Waals surface area contributed by atoms with Gasteiger partial charge >= 0.3 is 11.3 Å². The molecule has 0 aliphatic rings. The average Bonchev–Trinajstić information content (AvgIpc) is 2.60. The zero-order valence-corrected chi connectivity index (χ0v) is 16.0. The second kappa shape index (κ2) is 7.43. The Labute approximate surface area is 160 Å². The number of fused-ring (bicyclic) bond motifs is 1. The number of sulfone groups is 1. The molecule has 0 fully saturated rings. The van der Waals surface area contributed by atoms with E-state index < -0.39 is 31.0 Å². The van der Waals surface area contributed by atoms with Crippen LogP contribution in [0.2, 0.25) is 0 Å². The van der Waals surface area contributed by atoms with Crippen molar-refractivity contribution in [3.05, 3.63) is 68.6 Å². The Bertz CT molecular complexity index is 1230. The number of ether oxygens (including phenoxy) is 1. The minimum atomic E-state index is -3.83. The van der Waals surface area contributed by atoms with Crippen LogP contribution in [0.1, 0.15) is 18.9 Å². The molecule has 2 aromatic carbocycles.